The fourth-order valence-electron chi connectivity index (χ4n) is 1.57. The van der Waals surface area contributed by atoms with Crippen LogP contribution in [-0.4, -0.2) is 10.2 Å². The monoisotopic (exact) mass is 245 g/mol. The van der Waals surface area contributed by atoms with Crippen LogP contribution in [0.5, 0.6) is 0 Å². The minimum Gasteiger partial charge on any atom is -0.293 e. The van der Waals surface area contributed by atoms with Gasteiger partial charge in [-0.25, -0.2) is 0 Å². The van der Waals surface area contributed by atoms with Crippen LogP contribution in [0, 0.1) is 5.41 Å². The summed E-state index contributed by atoms with van der Waals surface area (Å²) in [6.45, 7) is 5.80. The molecule has 2 nitrogen and oxygen atoms in total. The van der Waals surface area contributed by atoms with Gasteiger partial charge < -0.3 is 0 Å². The van der Waals surface area contributed by atoms with Gasteiger partial charge in [0.1, 0.15) is 0 Å². The first-order valence-electron chi connectivity index (χ1n) is 5.55. The highest BCUT2D eigenvalue weighted by molar-refractivity contribution is 7.08. The van der Waals surface area contributed by atoms with Gasteiger partial charge in [-0.1, -0.05) is 51.1 Å². The molecular formula is C14H15NOS. The largest absolute Gasteiger partial charge is 0.293 e. The smallest absolute Gasteiger partial charge is 0.180 e. The zero-order chi connectivity index (χ0) is 12.5. The molecule has 0 bridgehead atoms. The van der Waals surface area contributed by atoms with E-state index >= 15 is 0 Å². The molecule has 1 heterocycles. The van der Waals surface area contributed by atoms with Gasteiger partial charge in [-0.05, 0) is 17.1 Å². The Morgan fingerprint density at radius 3 is 2.41 bits per heavy atom. The molecule has 0 amide bonds. The number of hydrogen-bond acceptors (Lipinski definition) is 3. The van der Waals surface area contributed by atoms with Crippen molar-refractivity contribution in [3.8, 4) is 11.1 Å². The summed E-state index contributed by atoms with van der Waals surface area (Å²) in [7, 11) is 0. The Hall–Kier alpha value is -1.48. The van der Waals surface area contributed by atoms with E-state index in [4.69, 9.17) is 0 Å². The lowest BCUT2D eigenvalue weighted by atomic mass is 9.88. The fraction of sp³-hybridized carbons (Fsp3) is 0.286. The number of Topliss-reactive ketones (excluding diaryl/α,β-unsaturated/α-hetero) is 1. The third kappa shape index (κ3) is 2.44. The molecule has 0 fully saturated rings. The van der Waals surface area contributed by atoms with E-state index in [9.17, 15) is 4.79 Å². The second-order valence-corrected chi connectivity index (χ2v) is 5.82. The van der Waals surface area contributed by atoms with Crippen LogP contribution in [-0.2, 0) is 0 Å². The number of rotatable bonds is 2. The molecule has 0 radical (unpaired) electrons. The first-order valence-corrected chi connectivity index (χ1v) is 6.32. The molecule has 2 rings (SSSR count). The first kappa shape index (κ1) is 12.0. The lowest BCUT2D eigenvalue weighted by Gasteiger charge is -2.15. The van der Waals surface area contributed by atoms with Crippen molar-refractivity contribution in [3.05, 3.63) is 41.4 Å². The quantitative estimate of drug-likeness (QED) is 0.747. The minimum absolute atomic E-state index is 0.152. The van der Waals surface area contributed by atoms with Crippen molar-refractivity contribution in [2.24, 2.45) is 5.41 Å². The van der Waals surface area contributed by atoms with Crippen LogP contribution >= 0.6 is 11.5 Å². The minimum atomic E-state index is -0.365. The van der Waals surface area contributed by atoms with Gasteiger partial charge in [-0.15, -0.1) is 0 Å². The van der Waals surface area contributed by atoms with E-state index in [2.05, 4.69) is 4.37 Å². The van der Waals surface area contributed by atoms with Gasteiger partial charge in [0.05, 0.1) is 4.88 Å². The van der Waals surface area contributed by atoms with Gasteiger partial charge in [0.25, 0.3) is 0 Å². The zero-order valence-electron chi connectivity index (χ0n) is 10.2. The van der Waals surface area contributed by atoms with Crippen molar-refractivity contribution in [3.63, 3.8) is 0 Å². The third-order valence-electron chi connectivity index (χ3n) is 2.54. The van der Waals surface area contributed by atoms with Crippen molar-refractivity contribution in [1.82, 2.24) is 4.37 Å². The highest BCUT2D eigenvalue weighted by Gasteiger charge is 2.27. The Kier molecular flexibility index (Phi) is 3.11. The number of benzene rings is 1. The van der Waals surface area contributed by atoms with Gasteiger partial charge >= 0.3 is 0 Å². The normalized spacial score (nSPS) is 11.5. The molecule has 1 aromatic heterocycles. The van der Waals surface area contributed by atoms with E-state index in [1.807, 2.05) is 51.1 Å². The average molecular weight is 245 g/mol. The molecule has 0 aliphatic rings. The van der Waals surface area contributed by atoms with Crippen LogP contribution in [0.25, 0.3) is 11.1 Å². The first-order chi connectivity index (χ1) is 8.00. The van der Waals surface area contributed by atoms with Crippen molar-refractivity contribution >= 4 is 17.3 Å². The summed E-state index contributed by atoms with van der Waals surface area (Å²) in [6.07, 6.45) is 1.78. The van der Waals surface area contributed by atoms with Gasteiger partial charge in [-0.3, -0.25) is 4.79 Å². The highest BCUT2D eigenvalue weighted by atomic mass is 32.1. The van der Waals surface area contributed by atoms with Crippen molar-refractivity contribution in [2.45, 2.75) is 20.8 Å². The molecule has 1 aromatic carbocycles. The van der Waals surface area contributed by atoms with Crippen LogP contribution in [0.15, 0.2) is 36.5 Å². The van der Waals surface area contributed by atoms with Crippen LogP contribution in [0.3, 0.4) is 0 Å². The van der Waals surface area contributed by atoms with E-state index in [1.165, 1.54) is 11.5 Å². The van der Waals surface area contributed by atoms with Crippen molar-refractivity contribution in [1.29, 1.82) is 0 Å². The molecule has 0 aliphatic carbocycles. The standard InChI is InChI=1S/C14H15NOS/c1-14(2,3)13(16)12-11(9-15-17-12)10-7-5-4-6-8-10/h4-9H,1-3H3. The Balaban J connectivity index is 2.46. The van der Waals surface area contributed by atoms with E-state index in [1.54, 1.807) is 6.20 Å². The molecule has 0 saturated heterocycles. The van der Waals surface area contributed by atoms with E-state index in [-0.39, 0.29) is 11.2 Å². The number of carbonyl (C=O) groups excluding carboxylic acids is 1. The van der Waals surface area contributed by atoms with Crippen LogP contribution in [0.1, 0.15) is 30.4 Å². The predicted octanol–water partition coefficient (Wildman–Crippen LogP) is 4.04. The number of hydrogen-bond donors (Lipinski definition) is 0. The maximum Gasteiger partial charge on any atom is 0.180 e. The van der Waals surface area contributed by atoms with Crippen molar-refractivity contribution < 1.29 is 4.79 Å². The third-order valence-corrected chi connectivity index (χ3v) is 3.34. The molecule has 0 N–H and O–H groups in total. The van der Waals surface area contributed by atoms with Gasteiger partial charge in [0.2, 0.25) is 0 Å². The van der Waals surface area contributed by atoms with Gasteiger partial charge in [0.15, 0.2) is 5.78 Å². The summed E-state index contributed by atoms with van der Waals surface area (Å²) in [5, 5.41) is 0. The Labute approximate surface area is 105 Å². The predicted molar refractivity (Wildman–Crippen MR) is 71.3 cm³/mol. The highest BCUT2D eigenvalue weighted by Crippen LogP contribution is 2.31. The van der Waals surface area contributed by atoms with Crippen LogP contribution < -0.4 is 0 Å². The Bertz CT molecular complexity index is 523. The number of carbonyl (C=O) groups is 1. The summed E-state index contributed by atoms with van der Waals surface area (Å²) in [6, 6.07) is 9.91. The summed E-state index contributed by atoms with van der Waals surface area (Å²) in [4.78, 5) is 13.0. The van der Waals surface area contributed by atoms with Crippen LogP contribution in [0.2, 0.25) is 0 Å². The lowest BCUT2D eigenvalue weighted by molar-refractivity contribution is 0.0863. The number of ketones is 1. The summed E-state index contributed by atoms with van der Waals surface area (Å²) >= 11 is 1.28. The maximum absolute atomic E-state index is 12.3. The molecule has 17 heavy (non-hydrogen) atoms. The topological polar surface area (TPSA) is 30.0 Å². The summed E-state index contributed by atoms with van der Waals surface area (Å²) in [5.74, 6) is 0.152. The summed E-state index contributed by atoms with van der Waals surface area (Å²) in [5.41, 5.74) is 1.63. The van der Waals surface area contributed by atoms with Gasteiger partial charge in [0, 0.05) is 17.2 Å². The van der Waals surface area contributed by atoms with E-state index in [0.717, 1.165) is 16.0 Å². The molecule has 0 atom stereocenters. The number of nitrogens with zero attached hydrogens (tertiary/aromatic N) is 1. The second kappa shape index (κ2) is 4.41. The summed E-state index contributed by atoms with van der Waals surface area (Å²) < 4.78 is 4.15. The maximum atomic E-state index is 12.3. The molecule has 88 valence electrons. The zero-order valence-corrected chi connectivity index (χ0v) is 11.0. The van der Waals surface area contributed by atoms with Crippen molar-refractivity contribution in [2.75, 3.05) is 0 Å². The van der Waals surface area contributed by atoms with Crippen LogP contribution in [0.4, 0.5) is 0 Å². The lowest BCUT2D eigenvalue weighted by Crippen LogP contribution is -2.19. The van der Waals surface area contributed by atoms with E-state index < -0.39 is 0 Å². The molecular weight excluding hydrogens is 230 g/mol. The SMILES string of the molecule is CC(C)(C)C(=O)c1sncc1-c1ccccc1. The molecule has 3 heteroatoms. The average Bonchev–Trinajstić information content (AvgIpc) is 2.76. The molecule has 0 spiro atoms. The fourth-order valence-corrected chi connectivity index (χ4v) is 2.49. The molecule has 0 unspecified atom stereocenters. The Morgan fingerprint density at radius 2 is 1.82 bits per heavy atom. The molecule has 2 aromatic rings. The Morgan fingerprint density at radius 1 is 1.18 bits per heavy atom. The van der Waals surface area contributed by atoms with E-state index in [0.29, 0.717) is 0 Å². The van der Waals surface area contributed by atoms with Gasteiger partial charge in [-0.2, -0.15) is 4.37 Å². The number of aromatic nitrogens is 1. The molecule has 0 saturated carbocycles. The molecule has 0 aliphatic heterocycles. The second-order valence-electron chi connectivity index (χ2n) is 5.01.